The number of amides is 2. The number of rotatable bonds is 6. The summed E-state index contributed by atoms with van der Waals surface area (Å²) in [7, 11) is -3.22. The van der Waals surface area contributed by atoms with Gasteiger partial charge >= 0.3 is 0 Å². The van der Waals surface area contributed by atoms with E-state index in [-0.39, 0.29) is 17.9 Å². The van der Waals surface area contributed by atoms with Crippen molar-refractivity contribution in [2.75, 3.05) is 48.4 Å². The van der Waals surface area contributed by atoms with Gasteiger partial charge < -0.3 is 21.3 Å². The summed E-state index contributed by atoms with van der Waals surface area (Å²) in [6.45, 7) is 3.68. The first-order valence-electron chi connectivity index (χ1n) is 10.9. The topological polar surface area (TPSA) is 125 Å². The molecule has 2 aliphatic rings. The van der Waals surface area contributed by atoms with Crippen molar-refractivity contribution in [2.45, 2.75) is 25.8 Å². The Hall–Kier alpha value is -3.11. The lowest BCUT2D eigenvalue weighted by Crippen LogP contribution is -2.48. The molecule has 1 heterocycles. The lowest BCUT2D eigenvalue weighted by atomic mass is 10.1. The number of piperazine rings is 1. The first kappa shape index (κ1) is 23.1. The minimum Gasteiger partial charge on any atom is -0.398 e. The van der Waals surface area contributed by atoms with E-state index < -0.39 is 10.0 Å². The largest absolute Gasteiger partial charge is 0.398 e. The molecule has 2 aromatic carbocycles. The number of nitrogens with one attached hydrogen (secondary N) is 2. The summed E-state index contributed by atoms with van der Waals surface area (Å²) in [5.74, 6) is -0.519. The van der Waals surface area contributed by atoms with Crippen LogP contribution in [0.15, 0.2) is 36.4 Å². The summed E-state index contributed by atoms with van der Waals surface area (Å²) in [6, 6.07) is 10.7. The number of anilines is 3. The Morgan fingerprint density at radius 1 is 1.00 bits per heavy atom. The van der Waals surface area contributed by atoms with Crippen LogP contribution in [0.2, 0.25) is 0 Å². The predicted molar refractivity (Wildman–Crippen MR) is 129 cm³/mol. The molecule has 0 unspecified atom stereocenters. The molecule has 4 rings (SSSR count). The number of nitrogens with zero attached hydrogens (tertiary/aromatic N) is 2. The van der Waals surface area contributed by atoms with E-state index in [2.05, 4.69) is 10.6 Å². The van der Waals surface area contributed by atoms with Gasteiger partial charge in [-0.05, 0) is 55.7 Å². The van der Waals surface area contributed by atoms with Crippen LogP contribution in [-0.4, -0.2) is 63.0 Å². The smallest absolute Gasteiger partial charge is 0.257 e. The van der Waals surface area contributed by atoms with Gasteiger partial charge in [-0.15, -0.1) is 0 Å². The van der Waals surface area contributed by atoms with Crippen LogP contribution < -0.4 is 21.3 Å². The van der Waals surface area contributed by atoms with Gasteiger partial charge in [0.15, 0.2) is 0 Å². The molecule has 0 radical (unpaired) electrons. The van der Waals surface area contributed by atoms with Crippen molar-refractivity contribution in [3.05, 3.63) is 53.1 Å². The lowest BCUT2D eigenvalue weighted by molar-refractivity contribution is 0.0949. The van der Waals surface area contributed by atoms with Gasteiger partial charge in [0.05, 0.1) is 11.8 Å². The molecule has 176 valence electrons. The molecule has 1 saturated heterocycles. The summed E-state index contributed by atoms with van der Waals surface area (Å²) in [5, 5.41) is 5.83. The summed E-state index contributed by atoms with van der Waals surface area (Å²) in [5.41, 5.74) is 9.44. The fraction of sp³-hybridized carbons (Fsp3) is 0.391. The molecule has 1 saturated carbocycles. The zero-order valence-electron chi connectivity index (χ0n) is 18.8. The Balaban J connectivity index is 1.49. The molecule has 2 aromatic rings. The summed E-state index contributed by atoms with van der Waals surface area (Å²) in [6.07, 6.45) is 3.21. The van der Waals surface area contributed by atoms with E-state index in [1.165, 1.54) is 10.6 Å². The number of nitrogens with two attached hydrogens (primary N) is 1. The highest BCUT2D eigenvalue weighted by Crippen LogP contribution is 2.26. The van der Waals surface area contributed by atoms with Gasteiger partial charge in [-0.2, -0.15) is 4.31 Å². The number of nitrogen functional groups attached to an aromatic ring is 1. The lowest BCUT2D eigenvalue weighted by Gasteiger charge is -2.35. The maximum atomic E-state index is 13.1. The van der Waals surface area contributed by atoms with E-state index in [1.807, 2.05) is 17.9 Å². The van der Waals surface area contributed by atoms with Crippen LogP contribution in [0.4, 0.5) is 17.1 Å². The van der Waals surface area contributed by atoms with Crippen LogP contribution in [-0.2, 0) is 10.0 Å². The number of hydrogen-bond donors (Lipinski definition) is 3. The summed E-state index contributed by atoms with van der Waals surface area (Å²) >= 11 is 0. The van der Waals surface area contributed by atoms with Crippen LogP contribution in [0.1, 0.15) is 39.1 Å². The van der Waals surface area contributed by atoms with Crippen LogP contribution >= 0.6 is 0 Å². The number of aryl methyl sites for hydroxylation is 1. The van der Waals surface area contributed by atoms with Gasteiger partial charge in [-0.1, -0.05) is 6.07 Å². The van der Waals surface area contributed by atoms with Gasteiger partial charge in [-0.3, -0.25) is 9.59 Å². The Morgan fingerprint density at radius 2 is 1.70 bits per heavy atom. The van der Waals surface area contributed by atoms with Gasteiger partial charge in [0.25, 0.3) is 11.8 Å². The van der Waals surface area contributed by atoms with Crippen molar-refractivity contribution in [3.63, 3.8) is 0 Å². The van der Waals surface area contributed by atoms with Crippen LogP contribution in [0.5, 0.6) is 0 Å². The zero-order valence-corrected chi connectivity index (χ0v) is 19.6. The minimum atomic E-state index is -3.22. The predicted octanol–water partition coefficient (Wildman–Crippen LogP) is 1.80. The second-order valence-electron chi connectivity index (χ2n) is 8.65. The molecule has 2 fully saturated rings. The average Bonchev–Trinajstić information content (AvgIpc) is 3.59. The number of carbonyl (C=O) groups is 2. The molecule has 0 aromatic heterocycles. The molecule has 1 aliphatic heterocycles. The molecular weight excluding hydrogens is 442 g/mol. The molecule has 0 bridgehead atoms. The van der Waals surface area contributed by atoms with Crippen LogP contribution in [0.25, 0.3) is 0 Å². The molecule has 0 atom stereocenters. The Labute approximate surface area is 194 Å². The number of carbonyl (C=O) groups excluding carboxylic acids is 2. The quantitative estimate of drug-likeness (QED) is 0.552. The monoisotopic (exact) mass is 471 g/mol. The molecule has 2 amide bonds. The van der Waals surface area contributed by atoms with Crippen molar-refractivity contribution in [1.82, 2.24) is 9.62 Å². The Morgan fingerprint density at radius 3 is 2.33 bits per heavy atom. The van der Waals surface area contributed by atoms with E-state index in [4.69, 9.17) is 5.73 Å². The molecule has 1 aliphatic carbocycles. The standard InChI is InChI=1S/C23H29N5O4S/c1-15-3-4-16(22(29)25-17-5-6-17)13-21(15)26-23(30)19-14-18(7-8-20(19)24)27-9-11-28(12-10-27)33(2,31)32/h3-4,7-8,13-14,17H,5-6,9-12,24H2,1-2H3,(H,25,29)(H,26,30). The maximum absolute atomic E-state index is 13.1. The van der Waals surface area contributed by atoms with Gasteiger partial charge in [-0.25, -0.2) is 8.42 Å². The fourth-order valence-corrected chi connectivity index (χ4v) is 4.63. The number of benzene rings is 2. The third kappa shape index (κ3) is 5.45. The van der Waals surface area contributed by atoms with Crippen LogP contribution in [0, 0.1) is 6.92 Å². The van der Waals surface area contributed by atoms with Crippen molar-refractivity contribution < 1.29 is 18.0 Å². The van der Waals surface area contributed by atoms with Crippen LogP contribution in [0.3, 0.4) is 0 Å². The minimum absolute atomic E-state index is 0.150. The molecular formula is C23H29N5O4S. The highest BCUT2D eigenvalue weighted by Gasteiger charge is 2.25. The molecule has 9 nitrogen and oxygen atoms in total. The summed E-state index contributed by atoms with van der Waals surface area (Å²) in [4.78, 5) is 27.5. The maximum Gasteiger partial charge on any atom is 0.257 e. The second-order valence-corrected chi connectivity index (χ2v) is 10.6. The molecule has 33 heavy (non-hydrogen) atoms. The average molecular weight is 472 g/mol. The van der Waals surface area contributed by atoms with E-state index in [9.17, 15) is 18.0 Å². The fourth-order valence-electron chi connectivity index (χ4n) is 3.80. The molecule has 4 N–H and O–H groups in total. The van der Waals surface area contributed by atoms with E-state index in [0.29, 0.717) is 48.7 Å². The van der Waals surface area contributed by atoms with Gasteiger partial charge in [0.1, 0.15) is 0 Å². The van der Waals surface area contributed by atoms with E-state index >= 15 is 0 Å². The Bertz CT molecular complexity index is 1190. The third-order valence-corrected chi connectivity index (χ3v) is 7.32. The summed E-state index contributed by atoms with van der Waals surface area (Å²) < 4.78 is 25.0. The van der Waals surface area contributed by atoms with Crippen molar-refractivity contribution in [2.24, 2.45) is 0 Å². The normalized spacial score (nSPS) is 17.0. The second kappa shape index (κ2) is 9.03. The van der Waals surface area contributed by atoms with Crippen molar-refractivity contribution >= 4 is 38.9 Å². The zero-order chi connectivity index (χ0) is 23.8. The SMILES string of the molecule is Cc1ccc(C(=O)NC2CC2)cc1NC(=O)c1cc(N2CCN(S(C)(=O)=O)CC2)ccc1N. The first-order chi connectivity index (χ1) is 15.6. The number of sulfonamides is 1. The van der Waals surface area contributed by atoms with Crippen molar-refractivity contribution in [1.29, 1.82) is 0 Å². The van der Waals surface area contributed by atoms with E-state index in [1.54, 1.807) is 30.3 Å². The third-order valence-electron chi connectivity index (χ3n) is 6.01. The van der Waals surface area contributed by atoms with Gasteiger partial charge in [0.2, 0.25) is 10.0 Å². The highest BCUT2D eigenvalue weighted by atomic mass is 32.2. The first-order valence-corrected chi connectivity index (χ1v) is 12.8. The highest BCUT2D eigenvalue weighted by molar-refractivity contribution is 7.88. The number of hydrogen-bond acceptors (Lipinski definition) is 6. The van der Waals surface area contributed by atoms with E-state index in [0.717, 1.165) is 24.1 Å². The van der Waals surface area contributed by atoms with Gasteiger partial charge in [0, 0.05) is 54.8 Å². The molecule has 0 spiro atoms. The Kier molecular flexibility index (Phi) is 6.31. The van der Waals surface area contributed by atoms with Crippen molar-refractivity contribution in [3.8, 4) is 0 Å². The molecule has 10 heteroatoms.